The Hall–Kier alpha value is -3.37. The zero-order chi connectivity index (χ0) is 25.3. The molecule has 9 nitrogen and oxygen atoms in total. The van der Waals surface area contributed by atoms with Crippen molar-refractivity contribution in [2.24, 2.45) is 7.05 Å². The van der Waals surface area contributed by atoms with E-state index in [0.29, 0.717) is 35.7 Å². The van der Waals surface area contributed by atoms with Crippen LogP contribution in [-0.4, -0.2) is 41.3 Å². The second-order valence-electron chi connectivity index (χ2n) is 8.38. The number of rotatable bonds is 5. The van der Waals surface area contributed by atoms with Gasteiger partial charge in [0.2, 0.25) is 15.8 Å². The fraction of sp³-hybridized carbons (Fsp3) is 0.292. The minimum Gasteiger partial charge on any atom is -0.501 e. The van der Waals surface area contributed by atoms with Gasteiger partial charge in [-0.2, -0.15) is 0 Å². The maximum Gasteiger partial charge on any atom is 0.296 e. The molecule has 0 spiro atoms. The van der Waals surface area contributed by atoms with Crippen molar-refractivity contribution in [3.05, 3.63) is 74.7 Å². The number of carbonyl (C=O) groups excluding carboxylic acids is 1. The molecule has 1 aromatic heterocycles. The Labute approximate surface area is 208 Å². The summed E-state index contributed by atoms with van der Waals surface area (Å²) in [6.45, 7) is 2.27. The summed E-state index contributed by atoms with van der Waals surface area (Å²) in [7, 11) is -2.13. The number of sulfonamides is 1. The summed E-state index contributed by atoms with van der Waals surface area (Å²) in [6, 6.07) is 12.0. The molecule has 3 aromatic rings. The molecule has 0 aliphatic carbocycles. The van der Waals surface area contributed by atoms with Crippen molar-refractivity contribution in [1.82, 2.24) is 14.9 Å². The van der Waals surface area contributed by atoms with E-state index in [0.717, 1.165) is 15.7 Å². The quantitative estimate of drug-likeness (QED) is 0.537. The van der Waals surface area contributed by atoms with E-state index in [9.17, 15) is 23.1 Å². The minimum atomic E-state index is -3.53. The van der Waals surface area contributed by atoms with Gasteiger partial charge >= 0.3 is 0 Å². The van der Waals surface area contributed by atoms with Crippen molar-refractivity contribution in [3.8, 4) is 17.1 Å². The van der Waals surface area contributed by atoms with Crippen LogP contribution in [0.5, 0.6) is 5.75 Å². The molecule has 11 heteroatoms. The number of amides is 1. The molecule has 0 bridgehead atoms. The van der Waals surface area contributed by atoms with Gasteiger partial charge in [0.15, 0.2) is 5.69 Å². The van der Waals surface area contributed by atoms with Gasteiger partial charge in [0.05, 0.1) is 11.4 Å². The van der Waals surface area contributed by atoms with Gasteiger partial charge in [-0.1, -0.05) is 35.9 Å². The number of anilines is 1. The number of aromatic nitrogens is 2. The number of benzene rings is 2. The fourth-order valence-corrected chi connectivity index (χ4v) is 5.80. The van der Waals surface area contributed by atoms with E-state index in [4.69, 9.17) is 11.6 Å². The molecule has 1 amide bonds. The second-order valence-corrected chi connectivity index (χ2v) is 10.8. The van der Waals surface area contributed by atoms with E-state index in [-0.39, 0.29) is 18.1 Å². The molecule has 0 radical (unpaired) electrons. The van der Waals surface area contributed by atoms with Gasteiger partial charge in [-0.05, 0) is 49.1 Å². The maximum atomic E-state index is 12.9. The Morgan fingerprint density at radius 3 is 2.66 bits per heavy atom. The second kappa shape index (κ2) is 9.71. The molecule has 0 saturated carbocycles. The van der Waals surface area contributed by atoms with Crippen LogP contribution in [0, 0.1) is 6.92 Å². The van der Waals surface area contributed by atoms with Crippen LogP contribution in [-0.2, 0) is 23.6 Å². The summed E-state index contributed by atoms with van der Waals surface area (Å²) in [4.78, 5) is 30.0. The van der Waals surface area contributed by atoms with Gasteiger partial charge < -0.3 is 10.4 Å². The summed E-state index contributed by atoms with van der Waals surface area (Å²) in [6.07, 6.45) is 1.28. The Bertz CT molecular complexity index is 1470. The first-order valence-corrected chi connectivity index (χ1v) is 13.0. The molecule has 1 saturated heterocycles. The smallest absolute Gasteiger partial charge is 0.296 e. The average molecular weight is 517 g/mol. The van der Waals surface area contributed by atoms with Crippen molar-refractivity contribution < 1.29 is 18.3 Å². The molecule has 2 N–H and O–H groups in total. The Balaban J connectivity index is 1.73. The van der Waals surface area contributed by atoms with E-state index >= 15 is 0 Å². The van der Waals surface area contributed by atoms with Gasteiger partial charge in [-0.15, -0.1) is 0 Å². The number of nitrogens with one attached hydrogen (secondary N) is 1. The average Bonchev–Trinajstić information content (AvgIpc) is 2.83. The van der Waals surface area contributed by atoms with E-state index in [1.807, 2.05) is 13.0 Å². The largest absolute Gasteiger partial charge is 0.501 e. The molecule has 2 aromatic carbocycles. The lowest BCUT2D eigenvalue weighted by Gasteiger charge is -2.30. The van der Waals surface area contributed by atoms with Gasteiger partial charge in [0.25, 0.3) is 11.5 Å². The van der Waals surface area contributed by atoms with Crippen LogP contribution in [0.15, 0.2) is 47.3 Å². The molecule has 35 heavy (non-hydrogen) atoms. The van der Waals surface area contributed by atoms with Crippen molar-refractivity contribution in [3.63, 3.8) is 0 Å². The number of aryl methyl sites for hydroxylation is 1. The van der Waals surface area contributed by atoms with Gasteiger partial charge in [-0.3, -0.25) is 18.5 Å². The molecule has 2 heterocycles. The zero-order valence-corrected chi connectivity index (χ0v) is 20.9. The molecule has 1 aliphatic heterocycles. The van der Waals surface area contributed by atoms with Crippen LogP contribution in [0.2, 0.25) is 5.02 Å². The third kappa shape index (κ3) is 4.89. The Morgan fingerprint density at radius 2 is 1.94 bits per heavy atom. The first-order chi connectivity index (χ1) is 16.6. The topological polar surface area (TPSA) is 122 Å². The van der Waals surface area contributed by atoms with Gasteiger partial charge in [0, 0.05) is 30.7 Å². The number of carbonyl (C=O) groups is 1. The van der Waals surface area contributed by atoms with E-state index in [2.05, 4.69) is 10.3 Å². The summed E-state index contributed by atoms with van der Waals surface area (Å²) in [5.41, 5.74) is 1.08. The number of aromatic hydroxyl groups is 1. The van der Waals surface area contributed by atoms with Crippen molar-refractivity contribution in [2.75, 3.05) is 16.6 Å². The predicted octanol–water partition coefficient (Wildman–Crippen LogP) is 2.97. The van der Waals surface area contributed by atoms with Crippen LogP contribution < -0.4 is 15.2 Å². The number of halogens is 1. The molecule has 1 aliphatic rings. The van der Waals surface area contributed by atoms with Crippen LogP contribution >= 0.6 is 11.6 Å². The van der Waals surface area contributed by atoms with Crippen molar-refractivity contribution in [2.45, 2.75) is 26.3 Å². The molecular formula is C24H25ClN4O5S. The van der Waals surface area contributed by atoms with E-state index in [1.54, 1.807) is 36.4 Å². The summed E-state index contributed by atoms with van der Waals surface area (Å²) in [5, 5.41) is 13.6. The normalized spacial score (nSPS) is 15.1. The third-order valence-corrected chi connectivity index (χ3v) is 8.20. The van der Waals surface area contributed by atoms with Crippen molar-refractivity contribution in [1.29, 1.82) is 0 Å². The van der Waals surface area contributed by atoms with Crippen LogP contribution in [0.25, 0.3) is 11.4 Å². The molecular weight excluding hydrogens is 492 g/mol. The van der Waals surface area contributed by atoms with Gasteiger partial charge in [-0.25, -0.2) is 13.4 Å². The predicted molar refractivity (Wildman–Crippen MR) is 134 cm³/mol. The number of para-hydroxylation sites is 1. The number of hydrogen-bond acceptors (Lipinski definition) is 6. The first kappa shape index (κ1) is 24.7. The Morgan fingerprint density at radius 1 is 1.20 bits per heavy atom. The summed E-state index contributed by atoms with van der Waals surface area (Å²) >= 11 is 6.14. The highest BCUT2D eigenvalue weighted by molar-refractivity contribution is 7.92. The molecule has 0 atom stereocenters. The highest BCUT2D eigenvalue weighted by atomic mass is 35.5. The number of nitrogens with zero attached hydrogens (tertiary/aromatic N) is 3. The molecule has 0 unspecified atom stereocenters. The summed E-state index contributed by atoms with van der Waals surface area (Å²) in [5.74, 6) is -1.45. The van der Waals surface area contributed by atoms with Gasteiger partial charge in [0.1, 0.15) is 5.82 Å². The highest BCUT2D eigenvalue weighted by Gasteiger charge is 2.29. The monoisotopic (exact) mass is 516 g/mol. The molecule has 4 rings (SSSR count). The lowest BCUT2D eigenvalue weighted by molar-refractivity contribution is 0.0942. The molecule has 1 fully saturated rings. The lowest BCUT2D eigenvalue weighted by Crippen LogP contribution is -2.38. The van der Waals surface area contributed by atoms with E-state index in [1.165, 1.54) is 11.4 Å². The van der Waals surface area contributed by atoms with Crippen molar-refractivity contribution >= 4 is 33.2 Å². The number of hydrogen-bond donors (Lipinski definition) is 2. The molecule has 184 valence electrons. The van der Waals surface area contributed by atoms with E-state index < -0.39 is 32.9 Å². The maximum absolute atomic E-state index is 12.9. The SMILES string of the molecule is Cc1ccc(CNC(=O)c2nc(-c3ccccc3N3CCCCS3(=O)=O)n(C)c(=O)c2O)cc1Cl. The van der Waals surface area contributed by atoms with Crippen LogP contribution in [0.1, 0.15) is 34.5 Å². The third-order valence-electron chi connectivity index (χ3n) is 5.93. The highest BCUT2D eigenvalue weighted by Crippen LogP contribution is 2.33. The lowest BCUT2D eigenvalue weighted by atomic mass is 10.1. The fourth-order valence-electron chi connectivity index (χ4n) is 3.94. The zero-order valence-electron chi connectivity index (χ0n) is 19.3. The Kier molecular flexibility index (Phi) is 6.86. The summed E-state index contributed by atoms with van der Waals surface area (Å²) < 4.78 is 27.9. The first-order valence-electron chi connectivity index (χ1n) is 11.0. The van der Waals surface area contributed by atoms with Crippen LogP contribution in [0.4, 0.5) is 5.69 Å². The minimum absolute atomic E-state index is 0.0277. The van der Waals surface area contributed by atoms with Crippen LogP contribution in [0.3, 0.4) is 0 Å². The standard InChI is InChI=1S/C24H25ClN4O5S/c1-15-9-10-16(13-18(15)25)14-26-23(31)20-21(30)24(32)28(2)22(27-20)17-7-3-4-8-19(17)29-11-5-6-12-35(29,33)34/h3-4,7-10,13,30H,5-6,11-12,14H2,1-2H3,(H,26,31).